The van der Waals surface area contributed by atoms with Crippen LogP contribution in [-0.2, 0) is 14.3 Å². The van der Waals surface area contributed by atoms with Gasteiger partial charge in [-0.3, -0.25) is 14.4 Å². The van der Waals surface area contributed by atoms with Crippen molar-refractivity contribution in [1.29, 1.82) is 0 Å². The second-order valence-corrected chi connectivity index (χ2v) is 5.17. The van der Waals surface area contributed by atoms with Crippen molar-refractivity contribution in [3.63, 3.8) is 0 Å². The number of benzene rings is 1. The zero-order valence-corrected chi connectivity index (χ0v) is 14.7. The molecule has 0 fully saturated rings. The van der Waals surface area contributed by atoms with Gasteiger partial charge in [-0.05, 0) is 25.0 Å². The van der Waals surface area contributed by atoms with Gasteiger partial charge in [0.2, 0.25) is 5.91 Å². The molecule has 2 N–H and O–H groups in total. The Bertz CT molecular complexity index is 581. The Morgan fingerprint density at radius 2 is 1.56 bits per heavy atom. The quantitative estimate of drug-likeness (QED) is 0.479. The van der Waals surface area contributed by atoms with Crippen molar-refractivity contribution in [2.24, 2.45) is 0 Å². The van der Waals surface area contributed by atoms with Crippen LogP contribution in [0.3, 0.4) is 0 Å². The molecule has 8 nitrogen and oxygen atoms in total. The topological polar surface area (TPSA) is 103 Å². The molecule has 0 aliphatic rings. The molecule has 0 aliphatic carbocycles. The summed E-state index contributed by atoms with van der Waals surface area (Å²) in [6, 6.07) is 4.77. The predicted octanol–water partition coefficient (Wildman–Crippen LogP) is 0.893. The van der Waals surface area contributed by atoms with E-state index in [2.05, 4.69) is 15.4 Å². The molecule has 0 aliphatic heterocycles. The van der Waals surface area contributed by atoms with E-state index in [1.165, 1.54) is 21.3 Å². The lowest BCUT2D eigenvalue weighted by Gasteiger charge is -2.09. The molecule has 0 aromatic heterocycles. The number of nitrogens with one attached hydrogen (secondary N) is 2. The molecule has 1 rings (SSSR count). The van der Waals surface area contributed by atoms with Gasteiger partial charge < -0.3 is 24.8 Å². The summed E-state index contributed by atoms with van der Waals surface area (Å²) in [5.74, 6) is -0.00857. The fourth-order valence-electron chi connectivity index (χ4n) is 1.99. The fourth-order valence-corrected chi connectivity index (χ4v) is 1.99. The molecule has 0 saturated heterocycles. The maximum absolute atomic E-state index is 12.1. The van der Waals surface area contributed by atoms with Crippen molar-refractivity contribution in [2.45, 2.75) is 19.3 Å². The van der Waals surface area contributed by atoms with E-state index < -0.39 is 5.91 Å². The first kappa shape index (κ1) is 20.3. The van der Waals surface area contributed by atoms with Gasteiger partial charge in [-0.1, -0.05) is 0 Å². The van der Waals surface area contributed by atoms with Crippen molar-refractivity contribution in [1.82, 2.24) is 10.6 Å². The number of rotatable bonds is 10. The predicted molar refractivity (Wildman–Crippen MR) is 90.8 cm³/mol. The van der Waals surface area contributed by atoms with Crippen LogP contribution in [0.5, 0.6) is 11.5 Å². The van der Waals surface area contributed by atoms with Crippen LogP contribution in [0.15, 0.2) is 18.2 Å². The van der Waals surface area contributed by atoms with Crippen LogP contribution in [-0.4, -0.2) is 52.2 Å². The lowest BCUT2D eigenvalue weighted by Crippen LogP contribution is -2.37. The molecular weight excluding hydrogens is 328 g/mol. The Kier molecular flexibility index (Phi) is 8.84. The minimum atomic E-state index is -0.405. The van der Waals surface area contributed by atoms with E-state index in [1.807, 2.05) is 0 Å². The highest BCUT2D eigenvalue weighted by atomic mass is 16.5. The average Bonchev–Trinajstić information content (AvgIpc) is 2.64. The molecule has 25 heavy (non-hydrogen) atoms. The highest BCUT2D eigenvalue weighted by Crippen LogP contribution is 2.22. The first-order chi connectivity index (χ1) is 12.0. The minimum absolute atomic E-state index is 0.143. The molecule has 0 heterocycles. The lowest BCUT2D eigenvalue weighted by atomic mass is 10.2. The van der Waals surface area contributed by atoms with Crippen molar-refractivity contribution in [3.05, 3.63) is 23.8 Å². The fraction of sp³-hybridized carbons (Fsp3) is 0.471. The van der Waals surface area contributed by atoms with Crippen molar-refractivity contribution in [3.8, 4) is 11.5 Å². The summed E-state index contributed by atoms with van der Waals surface area (Å²) in [5, 5.41) is 5.20. The highest BCUT2D eigenvalue weighted by molar-refractivity contribution is 5.97. The first-order valence-corrected chi connectivity index (χ1v) is 7.85. The molecule has 8 heteroatoms. The van der Waals surface area contributed by atoms with E-state index in [1.54, 1.807) is 18.2 Å². The molecule has 1 aromatic rings. The van der Waals surface area contributed by atoms with Crippen molar-refractivity contribution in [2.75, 3.05) is 34.4 Å². The number of methoxy groups -OCH3 is 3. The Labute approximate surface area is 146 Å². The number of ether oxygens (including phenoxy) is 3. The molecule has 0 radical (unpaired) electrons. The number of carbonyl (C=O) groups is 3. The first-order valence-electron chi connectivity index (χ1n) is 7.85. The molecule has 2 amide bonds. The summed E-state index contributed by atoms with van der Waals surface area (Å²) >= 11 is 0. The van der Waals surface area contributed by atoms with E-state index in [4.69, 9.17) is 9.47 Å². The second-order valence-electron chi connectivity index (χ2n) is 5.17. The van der Waals surface area contributed by atoms with Gasteiger partial charge in [0.15, 0.2) is 0 Å². The largest absolute Gasteiger partial charge is 0.497 e. The number of hydrogen-bond donors (Lipinski definition) is 2. The zero-order valence-electron chi connectivity index (χ0n) is 14.7. The smallest absolute Gasteiger partial charge is 0.305 e. The summed E-state index contributed by atoms with van der Waals surface area (Å²) in [5.41, 5.74) is 0.335. The summed E-state index contributed by atoms with van der Waals surface area (Å²) < 4.78 is 14.7. The van der Waals surface area contributed by atoms with Crippen LogP contribution in [0.25, 0.3) is 0 Å². The van der Waals surface area contributed by atoms with Gasteiger partial charge in [0.05, 0.1) is 27.9 Å². The Hall–Kier alpha value is -2.77. The van der Waals surface area contributed by atoms with Crippen LogP contribution in [0, 0.1) is 0 Å². The molecule has 0 atom stereocenters. The Morgan fingerprint density at radius 1 is 0.920 bits per heavy atom. The molecule has 0 unspecified atom stereocenters. The molecule has 0 saturated carbocycles. The van der Waals surface area contributed by atoms with Crippen LogP contribution >= 0.6 is 0 Å². The molecule has 0 spiro atoms. The summed E-state index contributed by atoms with van der Waals surface area (Å²) in [7, 11) is 4.32. The molecular formula is C17H24N2O6. The third kappa shape index (κ3) is 7.56. The molecule has 1 aromatic carbocycles. The van der Waals surface area contributed by atoms with Crippen LogP contribution < -0.4 is 20.1 Å². The summed E-state index contributed by atoms with van der Waals surface area (Å²) in [4.78, 5) is 34.8. The SMILES string of the molecule is COC(=O)CCCCNC(=O)CNC(=O)c1cc(OC)cc(OC)c1. The van der Waals surface area contributed by atoms with Gasteiger partial charge in [-0.2, -0.15) is 0 Å². The monoisotopic (exact) mass is 352 g/mol. The maximum atomic E-state index is 12.1. The summed E-state index contributed by atoms with van der Waals surface area (Å²) in [6.45, 7) is 0.286. The zero-order chi connectivity index (χ0) is 18.7. The Morgan fingerprint density at radius 3 is 2.12 bits per heavy atom. The van der Waals surface area contributed by atoms with Gasteiger partial charge in [-0.15, -0.1) is 0 Å². The minimum Gasteiger partial charge on any atom is -0.497 e. The van der Waals surface area contributed by atoms with Crippen molar-refractivity contribution >= 4 is 17.8 Å². The number of esters is 1. The van der Waals surface area contributed by atoms with E-state index in [0.29, 0.717) is 42.9 Å². The van der Waals surface area contributed by atoms with Crippen LogP contribution in [0.4, 0.5) is 0 Å². The highest BCUT2D eigenvalue weighted by Gasteiger charge is 2.11. The maximum Gasteiger partial charge on any atom is 0.305 e. The van der Waals surface area contributed by atoms with Crippen LogP contribution in [0.2, 0.25) is 0 Å². The van der Waals surface area contributed by atoms with Crippen molar-refractivity contribution < 1.29 is 28.6 Å². The van der Waals surface area contributed by atoms with Crippen LogP contribution in [0.1, 0.15) is 29.6 Å². The summed E-state index contributed by atoms with van der Waals surface area (Å²) in [6.07, 6.45) is 1.60. The number of unbranched alkanes of at least 4 members (excludes halogenated alkanes) is 1. The lowest BCUT2D eigenvalue weighted by molar-refractivity contribution is -0.140. The van der Waals surface area contributed by atoms with Gasteiger partial charge in [0.25, 0.3) is 5.91 Å². The standard InChI is InChI=1S/C17H24N2O6/c1-23-13-8-12(9-14(10-13)24-2)17(22)19-11-15(20)18-7-5-4-6-16(21)25-3/h8-10H,4-7,11H2,1-3H3,(H,18,20)(H,19,22). The van der Waals surface area contributed by atoms with Gasteiger partial charge >= 0.3 is 5.97 Å². The van der Waals surface area contributed by atoms with E-state index in [9.17, 15) is 14.4 Å². The molecule has 138 valence electrons. The Balaban J connectivity index is 2.36. The second kappa shape index (κ2) is 10.9. The number of carbonyl (C=O) groups excluding carboxylic acids is 3. The third-order valence-electron chi connectivity index (χ3n) is 3.38. The van der Waals surface area contributed by atoms with Gasteiger partial charge in [0.1, 0.15) is 11.5 Å². The third-order valence-corrected chi connectivity index (χ3v) is 3.38. The molecule has 0 bridgehead atoms. The van der Waals surface area contributed by atoms with E-state index >= 15 is 0 Å². The van der Waals surface area contributed by atoms with E-state index in [0.717, 1.165) is 0 Å². The van der Waals surface area contributed by atoms with E-state index in [-0.39, 0.29) is 18.4 Å². The average molecular weight is 352 g/mol. The van der Waals surface area contributed by atoms with Gasteiger partial charge in [0, 0.05) is 24.6 Å². The van der Waals surface area contributed by atoms with Gasteiger partial charge in [-0.25, -0.2) is 0 Å². The number of amides is 2. The normalized spacial score (nSPS) is 9.88. The number of hydrogen-bond acceptors (Lipinski definition) is 6.